The molecule has 2 rings (SSSR count). The van der Waals surface area contributed by atoms with E-state index in [4.69, 9.17) is 4.99 Å². The Morgan fingerprint density at radius 3 is 2.95 bits per heavy atom. The molecular weight excluding hydrogens is 278 g/mol. The van der Waals surface area contributed by atoms with Crippen LogP contribution >= 0.6 is 11.8 Å². The number of aromatic nitrogens is 1. The summed E-state index contributed by atoms with van der Waals surface area (Å²) in [4.78, 5) is 11.6. The van der Waals surface area contributed by atoms with Crippen LogP contribution in [0.1, 0.15) is 45.6 Å². The van der Waals surface area contributed by atoms with Gasteiger partial charge in [-0.25, -0.2) is 4.99 Å². The van der Waals surface area contributed by atoms with Gasteiger partial charge in [0, 0.05) is 30.7 Å². The SMILES string of the molecule is CCCCN1C(=Nc2ccncc2C)SCC1CC(C)C. The number of nitrogens with zero attached hydrogens (tertiary/aromatic N) is 3. The molecule has 1 unspecified atom stereocenters. The van der Waals surface area contributed by atoms with Crippen LogP contribution in [0.4, 0.5) is 5.69 Å². The van der Waals surface area contributed by atoms with Crippen molar-refractivity contribution in [3.8, 4) is 0 Å². The molecule has 1 saturated heterocycles. The summed E-state index contributed by atoms with van der Waals surface area (Å²) in [6.07, 6.45) is 7.45. The van der Waals surface area contributed by atoms with Crippen LogP contribution in [0.5, 0.6) is 0 Å². The van der Waals surface area contributed by atoms with Gasteiger partial charge >= 0.3 is 0 Å². The molecule has 1 aromatic rings. The van der Waals surface area contributed by atoms with Crippen molar-refractivity contribution >= 4 is 22.6 Å². The monoisotopic (exact) mass is 305 g/mol. The molecule has 0 aliphatic carbocycles. The molecule has 0 spiro atoms. The molecule has 1 aliphatic heterocycles. The van der Waals surface area contributed by atoms with E-state index in [0.29, 0.717) is 6.04 Å². The lowest BCUT2D eigenvalue weighted by Crippen LogP contribution is -2.35. The topological polar surface area (TPSA) is 28.5 Å². The van der Waals surface area contributed by atoms with E-state index >= 15 is 0 Å². The van der Waals surface area contributed by atoms with Gasteiger partial charge in [0.1, 0.15) is 0 Å². The van der Waals surface area contributed by atoms with Crippen molar-refractivity contribution in [1.29, 1.82) is 0 Å². The molecule has 116 valence electrons. The van der Waals surface area contributed by atoms with E-state index in [-0.39, 0.29) is 0 Å². The van der Waals surface area contributed by atoms with E-state index in [1.165, 1.54) is 30.2 Å². The number of unbranched alkanes of at least 4 members (excludes halogenated alkanes) is 1. The van der Waals surface area contributed by atoms with Crippen molar-refractivity contribution in [3.63, 3.8) is 0 Å². The standard InChI is InChI=1S/C17H27N3S/c1-5-6-9-20-15(10-13(2)3)12-21-17(20)19-16-7-8-18-11-14(16)4/h7-8,11,13,15H,5-6,9-10,12H2,1-4H3. The number of amidine groups is 1. The molecule has 0 N–H and O–H groups in total. The van der Waals surface area contributed by atoms with Crippen molar-refractivity contribution < 1.29 is 0 Å². The average molecular weight is 305 g/mol. The molecule has 1 aliphatic rings. The Labute approximate surface area is 133 Å². The van der Waals surface area contributed by atoms with Gasteiger partial charge in [-0.3, -0.25) is 4.98 Å². The predicted molar refractivity (Wildman–Crippen MR) is 93.4 cm³/mol. The number of rotatable bonds is 6. The lowest BCUT2D eigenvalue weighted by molar-refractivity contribution is 0.302. The van der Waals surface area contributed by atoms with Crippen LogP contribution in [0.2, 0.25) is 0 Å². The minimum absolute atomic E-state index is 0.641. The van der Waals surface area contributed by atoms with Crippen molar-refractivity contribution in [3.05, 3.63) is 24.0 Å². The first-order valence-electron chi connectivity index (χ1n) is 8.00. The Bertz CT molecular complexity index is 485. The van der Waals surface area contributed by atoms with E-state index in [2.05, 4.69) is 37.6 Å². The minimum atomic E-state index is 0.641. The number of pyridine rings is 1. The van der Waals surface area contributed by atoms with Crippen LogP contribution < -0.4 is 0 Å². The highest BCUT2D eigenvalue weighted by molar-refractivity contribution is 8.14. The van der Waals surface area contributed by atoms with Gasteiger partial charge in [0.05, 0.1) is 5.69 Å². The van der Waals surface area contributed by atoms with Gasteiger partial charge in [-0.2, -0.15) is 0 Å². The third kappa shape index (κ3) is 4.47. The predicted octanol–water partition coefficient (Wildman–Crippen LogP) is 4.64. The van der Waals surface area contributed by atoms with Crippen LogP contribution in [-0.4, -0.2) is 33.4 Å². The Hall–Kier alpha value is -1.03. The molecule has 4 heteroatoms. The van der Waals surface area contributed by atoms with Crippen molar-refractivity contribution in [1.82, 2.24) is 9.88 Å². The van der Waals surface area contributed by atoms with Crippen LogP contribution in [0.25, 0.3) is 0 Å². The average Bonchev–Trinajstić information content (AvgIpc) is 2.80. The molecule has 1 aromatic heterocycles. The number of aryl methyl sites for hydroxylation is 1. The van der Waals surface area contributed by atoms with Gasteiger partial charge in [-0.15, -0.1) is 0 Å². The maximum Gasteiger partial charge on any atom is 0.164 e. The van der Waals surface area contributed by atoms with Gasteiger partial charge < -0.3 is 4.90 Å². The van der Waals surface area contributed by atoms with Crippen LogP contribution in [0.15, 0.2) is 23.5 Å². The summed E-state index contributed by atoms with van der Waals surface area (Å²) >= 11 is 1.91. The summed E-state index contributed by atoms with van der Waals surface area (Å²) in [5.74, 6) is 1.91. The molecule has 1 fully saturated rings. The minimum Gasteiger partial charge on any atom is -0.347 e. The molecule has 0 bridgehead atoms. The highest BCUT2D eigenvalue weighted by Crippen LogP contribution is 2.31. The van der Waals surface area contributed by atoms with Crippen molar-refractivity contribution in [2.45, 2.75) is 53.0 Å². The smallest absolute Gasteiger partial charge is 0.164 e. The molecule has 3 nitrogen and oxygen atoms in total. The quantitative estimate of drug-likeness (QED) is 0.766. The normalized spacial score (nSPS) is 20.7. The largest absolute Gasteiger partial charge is 0.347 e. The molecule has 0 aromatic carbocycles. The number of hydrogen-bond acceptors (Lipinski definition) is 3. The summed E-state index contributed by atoms with van der Waals surface area (Å²) in [5, 5.41) is 1.20. The zero-order chi connectivity index (χ0) is 15.2. The molecule has 0 amide bonds. The van der Waals surface area contributed by atoms with E-state index in [1.54, 1.807) is 0 Å². The van der Waals surface area contributed by atoms with E-state index in [1.807, 2.05) is 30.2 Å². The van der Waals surface area contributed by atoms with E-state index in [0.717, 1.165) is 23.7 Å². The molecule has 0 radical (unpaired) electrons. The van der Waals surface area contributed by atoms with Crippen molar-refractivity contribution in [2.24, 2.45) is 10.9 Å². The fraction of sp³-hybridized carbons (Fsp3) is 0.647. The highest BCUT2D eigenvalue weighted by atomic mass is 32.2. The third-order valence-corrected chi connectivity index (χ3v) is 4.93. The number of hydrogen-bond donors (Lipinski definition) is 0. The lowest BCUT2D eigenvalue weighted by Gasteiger charge is -2.27. The summed E-state index contributed by atoms with van der Waals surface area (Å²) in [5.41, 5.74) is 2.20. The van der Waals surface area contributed by atoms with E-state index in [9.17, 15) is 0 Å². The lowest BCUT2D eigenvalue weighted by atomic mass is 10.0. The van der Waals surface area contributed by atoms with Crippen LogP contribution in [0.3, 0.4) is 0 Å². The van der Waals surface area contributed by atoms with Crippen LogP contribution in [0, 0.1) is 12.8 Å². The van der Waals surface area contributed by atoms with Gasteiger partial charge in [0.25, 0.3) is 0 Å². The third-order valence-electron chi connectivity index (χ3n) is 3.79. The molecule has 21 heavy (non-hydrogen) atoms. The molecule has 0 saturated carbocycles. The maximum absolute atomic E-state index is 4.92. The fourth-order valence-corrected chi connectivity index (χ4v) is 3.86. The first-order chi connectivity index (χ1) is 10.1. The van der Waals surface area contributed by atoms with Gasteiger partial charge in [-0.05, 0) is 37.3 Å². The molecule has 2 heterocycles. The number of thioether (sulfide) groups is 1. The summed E-state index contributed by atoms with van der Waals surface area (Å²) < 4.78 is 0. The van der Waals surface area contributed by atoms with Gasteiger partial charge in [-0.1, -0.05) is 39.0 Å². The first-order valence-corrected chi connectivity index (χ1v) is 8.99. The highest BCUT2D eigenvalue weighted by Gasteiger charge is 2.30. The van der Waals surface area contributed by atoms with E-state index < -0.39 is 0 Å². The zero-order valence-electron chi connectivity index (χ0n) is 13.7. The summed E-state index contributed by atoms with van der Waals surface area (Å²) in [6, 6.07) is 2.65. The molecule has 1 atom stereocenters. The van der Waals surface area contributed by atoms with Gasteiger partial charge in [0.15, 0.2) is 5.17 Å². The van der Waals surface area contributed by atoms with Crippen molar-refractivity contribution in [2.75, 3.05) is 12.3 Å². The van der Waals surface area contributed by atoms with Gasteiger partial charge in [0.2, 0.25) is 0 Å². The maximum atomic E-state index is 4.92. The Morgan fingerprint density at radius 1 is 1.48 bits per heavy atom. The second kappa shape index (κ2) is 7.83. The van der Waals surface area contributed by atoms with Crippen LogP contribution in [-0.2, 0) is 0 Å². The summed E-state index contributed by atoms with van der Waals surface area (Å²) in [6.45, 7) is 10.1. The first kappa shape index (κ1) is 16.3. The fourth-order valence-electron chi connectivity index (χ4n) is 2.64. The zero-order valence-corrected chi connectivity index (χ0v) is 14.5. The summed E-state index contributed by atoms with van der Waals surface area (Å²) in [7, 11) is 0. The second-order valence-electron chi connectivity index (χ2n) is 6.20. The Balaban J connectivity index is 2.19. The Kier molecular flexibility index (Phi) is 6.09. The Morgan fingerprint density at radius 2 is 2.29 bits per heavy atom. The second-order valence-corrected chi connectivity index (χ2v) is 7.19. The number of aliphatic imine (C=N–C) groups is 1. The molecular formula is C17H27N3S.